The SMILES string of the molecule is CCC(N)C(c1ccncc1)N(CCCOC)CCOC. The number of hydrogen-bond donors (Lipinski definition) is 1. The molecule has 0 radical (unpaired) electrons. The van der Waals surface area contributed by atoms with Crippen molar-refractivity contribution in [2.75, 3.05) is 40.5 Å². The fourth-order valence-corrected chi connectivity index (χ4v) is 2.52. The van der Waals surface area contributed by atoms with Gasteiger partial charge in [0.25, 0.3) is 0 Å². The Labute approximate surface area is 128 Å². The summed E-state index contributed by atoms with van der Waals surface area (Å²) in [6.45, 7) is 5.39. The maximum Gasteiger partial charge on any atom is 0.0589 e. The molecule has 0 saturated carbocycles. The molecule has 0 aliphatic heterocycles. The summed E-state index contributed by atoms with van der Waals surface area (Å²) in [5, 5.41) is 0. The van der Waals surface area contributed by atoms with Crippen molar-refractivity contribution >= 4 is 0 Å². The molecule has 120 valence electrons. The van der Waals surface area contributed by atoms with Crippen LogP contribution in [0.25, 0.3) is 0 Å². The molecule has 2 N–H and O–H groups in total. The largest absolute Gasteiger partial charge is 0.385 e. The zero-order chi connectivity index (χ0) is 15.5. The molecule has 0 aromatic carbocycles. The van der Waals surface area contributed by atoms with Crippen molar-refractivity contribution in [3.05, 3.63) is 30.1 Å². The van der Waals surface area contributed by atoms with E-state index in [9.17, 15) is 0 Å². The average molecular weight is 295 g/mol. The third kappa shape index (κ3) is 6.09. The van der Waals surface area contributed by atoms with Gasteiger partial charge in [0, 0.05) is 52.4 Å². The maximum absolute atomic E-state index is 6.39. The lowest BCUT2D eigenvalue weighted by Gasteiger charge is -2.35. The van der Waals surface area contributed by atoms with E-state index in [1.54, 1.807) is 14.2 Å². The van der Waals surface area contributed by atoms with Crippen molar-refractivity contribution in [3.8, 4) is 0 Å². The predicted octanol–water partition coefficient (Wildman–Crippen LogP) is 1.84. The molecule has 2 unspecified atom stereocenters. The molecule has 5 nitrogen and oxygen atoms in total. The van der Waals surface area contributed by atoms with Crippen LogP contribution in [0.3, 0.4) is 0 Å². The highest BCUT2D eigenvalue weighted by atomic mass is 16.5. The first-order valence-corrected chi connectivity index (χ1v) is 7.62. The fraction of sp³-hybridized carbons (Fsp3) is 0.688. The van der Waals surface area contributed by atoms with E-state index in [1.165, 1.54) is 5.56 Å². The van der Waals surface area contributed by atoms with Gasteiger partial charge in [0.05, 0.1) is 12.6 Å². The third-order valence-corrected chi connectivity index (χ3v) is 3.69. The van der Waals surface area contributed by atoms with Gasteiger partial charge in [-0.3, -0.25) is 9.88 Å². The monoisotopic (exact) mass is 295 g/mol. The first-order valence-electron chi connectivity index (χ1n) is 7.62. The van der Waals surface area contributed by atoms with Crippen LogP contribution in [-0.2, 0) is 9.47 Å². The molecular weight excluding hydrogens is 266 g/mol. The van der Waals surface area contributed by atoms with Crippen LogP contribution in [0.1, 0.15) is 31.4 Å². The van der Waals surface area contributed by atoms with Crippen LogP contribution in [0, 0.1) is 0 Å². The lowest BCUT2D eigenvalue weighted by molar-refractivity contribution is 0.0952. The second-order valence-electron chi connectivity index (χ2n) is 5.17. The van der Waals surface area contributed by atoms with Gasteiger partial charge in [-0.25, -0.2) is 0 Å². The minimum absolute atomic E-state index is 0.0896. The third-order valence-electron chi connectivity index (χ3n) is 3.69. The van der Waals surface area contributed by atoms with Gasteiger partial charge in [-0.2, -0.15) is 0 Å². The van der Waals surface area contributed by atoms with E-state index >= 15 is 0 Å². The number of nitrogens with zero attached hydrogens (tertiary/aromatic N) is 2. The van der Waals surface area contributed by atoms with E-state index in [2.05, 4.69) is 28.9 Å². The quantitative estimate of drug-likeness (QED) is 0.631. The molecule has 2 atom stereocenters. The van der Waals surface area contributed by atoms with Crippen LogP contribution >= 0.6 is 0 Å². The van der Waals surface area contributed by atoms with Crippen LogP contribution in [0.15, 0.2) is 24.5 Å². The molecule has 0 bridgehead atoms. The van der Waals surface area contributed by atoms with Gasteiger partial charge in [0.2, 0.25) is 0 Å². The van der Waals surface area contributed by atoms with Crippen LogP contribution in [0.4, 0.5) is 0 Å². The number of aromatic nitrogens is 1. The molecule has 1 heterocycles. The van der Waals surface area contributed by atoms with Crippen molar-refractivity contribution in [1.82, 2.24) is 9.88 Å². The Morgan fingerprint density at radius 2 is 1.81 bits per heavy atom. The summed E-state index contributed by atoms with van der Waals surface area (Å²) < 4.78 is 10.4. The summed E-state index contributed by atoms with van der Waals surface area (Å²) in [6, 6.07) is 4.38. The molecule has 1 aromatic heterocycles. The Morgan fingerprint density at radius 3 is 2.38 bits per heavy atom. The molecule has 1 aromatic rings. The lowest BCUT2D eigenvalue weighted by Crippen LogP contribution is -2.43. The Morgan fingerprint density at radius 1 is 1.14 bits per heavy atom. The first-order chi connectivity index (χ1) is 10.2. The number of ether oxygens (including phenoxy) is 2. The maximum atomic E-state index is 6.39. The van der Waals surface area contributed by atoms with Crippen molar-refractivity contribution in [2.45, 2.75) is 31.8 Å². The second-order valence-corrected chi connectivity index (χ2v) is 5.17. The molecule has 0 spiro atoms. The number of nitrogens with two attached hydrogens (primary N) is 1. The lowest BCUT2D eigenvalue weighted by atomic mass is 9.97. The van der Waals surface area contributed by atoms with Gasteiger partial charge in [-0.05, 0) is 30.5 Å². The molecule has 0 saturated heterocycles. The van der Waals surface area contributed by atoms with Crippen molar-refractivity contribution in [1.29, 1.82) is 0 Å². The van der Waals surface area contributed by atoms with Gasteiger partial charge in [0.1, 0.15) is 0 Å². The zero-order valence-corrected chi connectivity index (χ0v) is 13.5. The van der Waals surface area contributed by atoms with E-state index in [-0.39, 0.29) is 12.1 Å². The highest BCUT2D eigenvalue weighted by Crippen LogP contribution is 2.24. The van der Waals surface area contributed by atoms with Gasteiger partial charge in [0.15, 0.2) is 0 Å². The van der Waals surface area contributed by atoms with Gasteiger partial charge < -0.3 is 15.2 Å². The Balaban J connectivity index is 2.87. The zero-order valence-electron chi connectivity index (χ0n) is 13.5. The normalized spacial score (nSPS) is 14.3. The molecule has 0 aliphatic carbocycles. The Bertz CT molecular complexity index is 362. The molecule has 5 heteroatoms. The van der Waals surface area contributed by atoms with E-state index in [4.69, 9.17) is 15.2 Å². The van der Waals surface area contributed by atoms with Crippen LogP contribution < -0.4 is 5.73 Å². The summed E-state index contributed by atoms with van der Waals surface area (Å²) in [4.78, 5) is 6.50. The average Bonchev–Trinajstić information content (AvgIpc) is 2.53. The summed E-state index contributed by atoms with van der Waals surface area (Å²) in [7, 11) is 3.46. The van der Waals surface area contributed by atoms with Crippen LogP contribution in [0.2, 0.25) is 0 Å². The smallest absolute Gasteiger partial charge is 0.0589 e. The highest BCUT2D eigenvalue weighted by molar-refractivity contribution is 5.17. The first kappa shape index (κ1) is 18.0. The minimum atomic E-state index is 0.0896. The molecule has 21 heavy (non-hydrogen) atoms. The summed E-state index contributed by atoms with van der Waals surface area (Å²) in [5.41, 5.74) is 7.61. The minimum Gasteiger partial charge on any atom is -0.385 e. The number of rotatable bonds is 11. The van der Waals surface area contributed by atoms with E-state index in [0.29, 0.717) is 6.61 Å². The van der Waals surface area contributed by atoms with Gasteiger partial charge in [-0.15, -0.1) is 0 Å². The molecule has 1 rings (SSSR count). The fourth-order valence-electron chi connectivity index (χ4n) is 2.52. The highest BCUT2D eigenvalue weighted by Gasteiger charge is 2.25. The van der Waals surface area contributed by atoms with Crippen LogP contribution in [0.5, 0.6) is 0 Å². The topological polar surface area (TPSA) is 60.6 Å². The number of methoxy groups -OCH3 is 2. The molecule has 0 fully saturated rings. The van der Waals surface area contributed by atoms with Gasteiger partial charge >= 0.3 is 0 Å². The molecule has 0 amide bonds. The standard InChI is InChI=1S/C16H29N3O2/c1-4-15(17)16(14-6-8-18-9-7-14)19(11-13-21-3)10-5-12-20-2/h6-9,15-16H,4-5,10-13,17H2,1-3H3. The summed E-state index contributed by atoms with van der Waals surface area (Å²) in [6.07, 6.45) is 5.57. The Hall–Kier alpha value is -1.01. The number of hydrogen-bond acceptors (Lipinski definition) is 5. The predicted molar refractivity (Wildman–Crippen MR) is 85.2 cm³/mol. The van der Waals surface area contributed by atoms with Crippen molar-refractivity contribution in [3.63, 3.8) is 0 Å². The van der Waals surface area contributed by atoms with E-state index in [1.807, 2.05) is 12.4 Å². The molecule has 0 aliphatic rings. The van der Waals surface area contributed by atoms with Crippen molar-refractivity contribution < 1.29 is 9.47 Å². The second kappa shape index (κ2) is 10.7. The Kier molecular flexibility index (Phi) is 9.17. The van der Waals surface area contributed by atoms with E-state index in [0.717, 1.165) is 32.5 Å². The van der Waals surface area contributed by atoms with Crippen LogP contribution in [-0.4, -0.2) is 56.4 Å². The summed E-state index contributed by atoms with van der Waals surface area (Å²) in [5.74, 6) is 0. The summed E-state index contributed by atoms with van der Waals surface area (Å²) >= 11 is 0. The van der Waals surface area contributed by atoms with E-state index < -0.39 is 0 Å². The van der Waals surface area contributed by atoms with Gasteiger partial charge in [-0.1, -0.05) is 6.92 Å². The molecular formula is C16H29N3O2. The van der Waals surface area contributed by atoms with Crippen molar-refractivity contribution in [2.24, 2.45) is 5.73 Å². The number of pyridine rings is 1.